The Morgan fingerprint density at radius 1 is 1.35 bits per heavy atom. The number of carbonyl (C=O) groups excluding carboxylic acids is 1. The van der Waals surface area contributed by atoms with E-state index in [2.05, 4.69) is 11.7 Å². The number of hydrogen-bond acceptors (Lipinski definition) is 4. The van der Waals surface area contributed by atoms with Crippen LogP contribution in [0.5, 0.6) is 5.75 Å². The minimum absolute atomic E-state index is 0.293. The number of esters is 1. The fourth-order valence-corrected chi connectivity index (χ4v) is 1.43. The van der Waals surface area contributed by atoms with E-state index in [1.807, 2.05) is 0 Å². The van der Waals surface area contributed by atoms with Gasteiger partial charge in [0.2, 0.25) is 0 Å². The Morgan fingerprint density at radius 2 is 2.00 bits per heavy atom. The molecule has 1 aromatic rings. The molecule has 4 nitrogen and oxygen atoms in total. The first-order valence-electron chi connectivity index (χ1n) is 5.78. The fraction of sp³-hybridized carbons (Fsp3) is 0.462. The average Bonchev–Trinajstić information content (AvgIpc) is 2.36. The van der Waals surface area contributed by atoms with Crippen LogP contribution in [0.3, 0.4) is 0 Å². The van der Waals surface area contributed by atoms with E-state index >= 15 is 0 Å². The standard InChI is InChI=1S/C13H19NO3/c1-3-4-5-12(14)17-11-8-6-10(7-9-11)13(15)16-2/h6-9,12H,3-5,14H2,1-2H3. The zero-order chi connectivity index (χ0) is 12.7. The second-order valence-electron chi connectivity index (χ2n) is 3.81. The zero-order valence-electron chi connectivity index (χ0n) is 10.3. The second kappa shape index (κ2) is 6.91. The van der Waals surface area contributed by atoms with Crippen LogP contribution in [0.2, 0.25) is 0 Å². The third-order valence-electron chi connectivity index (χ3n) is 2.41. The Hall–Kier alpha value is -1.55. The van der Waals surface area contributed by atoms with Gasteiger partial charge < -0.3 is 9.47 Å². The van der Waals surface area contributed by atoms with Gasteiger partial charge >= 0.3 is 5.97 Å². The van der Waals surface area contributed by atoms with Gasteiger partial charge in [-0.05, 0) is 37.1 Å². The molecule has 94 valence electrons. The molecule has 1 atom stereocenters. The quantitative estimate of drug-likeness (QED) is 0.609. The Labute approximate surface area is 102 Å². The first-order valence-corrected chi connectivity index (χ1v) is 5.78. The number of rotatable bonds is 6. The van der Waals surface area contributed by atoms with Gasteiger partial charge in [-0.2, -0.15) is 0 Å². The van der Waals surface area contributed by atoms with Crippen LogP contribution in [0.25, 0.3) is 0 Å². The molecule has 0 aliphatic rings. The molecule has 4 heteroatoms. The lowest BCUT2D eigenvalue weighted by atomic mass is 10.2. The summed E-state index contributed by atoms with van der Waals surface area (Å²) in [7, 11) is 1.35. The first kappa shape index (κ1) is 13.5. The summed E-state index contributed by atoms with van der Waals surface area (Å²) >= 11 is 0. The normalized spacial score (nSPS) is 11.9. The van der Waals surface area contributed by atoms with Gasteiger partial charge in [-0.3, -0.25) is 5.73 Å². The molecule has 0 heterocycles. The van der Waals surface area contributed by atoms with Gasteiger partial charge in [0.1, 0.15) is 12.0 Å². The lowest BCUT2D eigenvalue weighted by molar-refractivity contribution is 0.0600. The Morgan fingerprint density at radius 3 is 2.53 bits per heavy atom. The van der Waals surface area contributed by atoms with Crippen LogP contribution >= 0.6 is 0 Å². The number of nitrogens with two attached hydrogens (primary N) is 1. The fourth-order valence-electron chi connectivity index (χ4n) is 1.43. The maximum absolute atomic E-state index is 11.2. The molecule has 0 amide bonds. The van der Waals surface area contributed by atoms with E-state index in [0.29, 0.717) is 11.3 Å². The number of hydrogen-bond donors (Lipinski definition) is 1. The van der Waals surface area contributed by atoms with Gasteiger partial charge in [0.25, 0.3) is 0 Å². The molecule has 0 aliphatic carbocycles. The summed E-state index contributed by atoms with van der Waals surface area (Å²) < 4.78 is 10.1. The largest absolute Gasteiger partial charge is 0.476 e. The summed E-state index contributed by atoms with van der Waals surface area (Å²) in [6.07, 6.45) is 2.67. The Kier molecular flexibility index (Phi) is 5.49. The monoisotopic (exact) mass is 237 g/mol. The number of unbranched alkanes of at least 4 members (excludes halogenated alkanes) is 1. The highest BCUT2D eigenvalue weighted by Gasteiger charge is 2.07. The zero-order valence-corrected chi connectivity index (χ0v) is 10.3. The van der Waals surface area contributed by atoms with Crippen molar-refractivity contribution in [2.24, 2.45) is 5.73 Å². The highest BCUT2D eigenvalue weighted by atomic mass is 16.5. The predicted molar refractivity (Wildman–Crippen MR) is 65.9 cm³/mol. The molecule has 0 bridgehead atoms. The van der Waals surface area contributed by atoms with Gasteiger partial charge in [0, 0.05) is 0 Å². The van der Waals surface area contributed by atoms with Crippen LogP contribution in [0.4, 0.5) is 0 Å². The second-order valence-corrected chi connectivity index (χ2v) is 3.81. The van der Waals surface area contributed by atoms with E-state index in [1.165, 1.54) is 7.11 Å². The van der Waals surface area contributed by atoms with Crippen LogP contribution in [-0.4, -0.2) is 19.3 Å². The van der Waals surface area contributed by atoms with Gasteiger partial charge in [0.15, 0.2) is 0 Å². The predicted octanol–water partition coefficient (Wildman–Crippen LogP) is 2.33. The van der Waals surface area contributed by atoms with Crippen LogP contribution < -0.4 is 10.5 Å². The number of benzene rings is 1. The molecule has 1 aromatic carbocycles. The third-order valence-corrected chi connectivity index (χ3v) is 2.41. The van der Waals surface area contributed by atoms with Crippen molar-refractivity contribution < 1.29 is 14.3 Å². The van der Waals surface area contributed by atoms with Gasteiger partial charge in [-0.1, -0.05) is 13.3 Å². The highest BCUT2D eigenvalue weighted by molar-refractivity contribution is 5.89. The molecular weight excluding hydrogens is 218 g/mol. The average molecular weight is 237 g/mol. The smallest absolute Gasteiger partial charge is 0.337 e. The molecule has 0 spiro atoms. The molecule has 1 unspecified atom stereocenters. The molecule has 0 saturated carbocycles. The minimum atomic E-state index is -0.355. The van der Waals surface area contributed by atoms with E-state index in [-0.39, 0.29) is 12.2 Å². The van der Waals surface area contributed by atoms with Crippen LogP contribution in [0.15, 0.2) is 24.3 Å². The molecular formula is C13H19NO3. The molecule has 0 radical (unpaired) electrons. The molecule has 0 aliphatic heterocycles. The van der Waals surface area contributed by atoms with Crippen LogP contribution in [-0.2, 0) is 4.74 Å². The number of methoxy groups -OCH3 is 1. The van der Waals surface area contributed by atoms with Gasteiger partial charge in [-0.25, -0.2) is 4.79 Å². The van der Waals surface area contributed by atoms with Crippen molar-refractivity contribution in [2.45, 2.75) is 32.4 Å². The maximum atomic E-state index is 11.2. The SMILES string of the molecule is CCCCC(N)Oc1ccc(C(=O)OC)cc1. The van der Waals surface area contributed by atoms with Gasteiger partial charge in [0.05, 0.1) is 12.7 Å². The maximum Gasteiger partial charge on any atom is 0.337 e. The van der Waals surface area contributed by atoms with E-state index in [9.17, 15) is 4.79 Å². The van der Waals surface area contributed by atoms with Crippen molar-refractivity contribution in [1.29, 1.82) is 0 Å². The molecule has 0 saturated heterocycles. The van der Waals surface area contributed by atoms with Crippen molar-refractivity contribution in [3.05, 3.63) is 29.8 Å². The van der Waals surface area contributed by atoms with Gasteiger partial charge in [-0.15, -0.1) is 0 Å². The van der Waals surface area contributed by atoms with Crippen LogP contribution in [0.1, 0.15) is 36.5 Å². The first-order chi connectivity index (χ1) is 8.17. The van der Waals surface area contributed by atoms with Crippen molar-refractivity contribution in [1.82, 2.24) is 0 Å². The van der Waals surface area contributed by atoms with E-state index in [0.717, 1.165) is 19.3 Å². The molecule has 1 rings (SSSR count). The number of ether oxygens (including phenoxy) is 2. The summed E-state index contributed by atoms with van der Waals surface area (Å²) in [4.78, 5) is 11.2. The van der Waals surface area contributed by atoms with E-state index < -0.39 is 0 Å². The molecule has 0 aromatic heterocycles. The summed E-state index contributed by atoms with van der Waals surface area (Å²) in [5.41, 5.74) is 6.30. The molecule has 0 fully saturated rings. The summed E-state index contributed by atoms with van der Waals surface area (Å²) in [5, 5.41) is 0. The highest BCUT2D eigenvalue weighted by Crippen LogP contribution is 2.14. The molecule has 2 N–H and O–H groups in total. The Balaban J connectivity index is 2.53. The lowest BCUT2D eigenvalue weighted by Crippen LogP contribution is -2.26. The topological polar surface area (TPSA) is 61.5 Å². The van der Waals surface area contributed by atoms with Crippen molar-refractivity contribution in [2.75, 3.05) is 7.11 Å². The minimum Gasteiger partial charge on any atom is -0.476 e. The van der Waals surface area contributed by atoms with Crippen LogP contribution in [0, 0.1) is 0 Å². The Bertz CT molecular complexity index is 348. The van der Waals surface area contributed by atoms with E-state index in [1.54, 1.807) is 24.3 Å². The number of carbonyl (C=O) groups is 1. The summed E-state index contributed by atoms with van der Waals surface area (Å²) in [6, 6.07) is 6.76. The molecule has 17 heavy (non-hydrogen) atoms. The van der Waals surface area contributed by atoms with E-state index in [4.69, 9.17) is 10.5 Å². The third kappa shape index (κ3) is 4.44. The van der Waals surface area contributed by atoms with Crippen molar-refractivity contribution in [3.63, 3.8) is 0 Å². The van der Waals surface area contributed by atoms with Crippen molar-refractivity contribution >= 4 is 5.97 Å². The summed E-state index contributed by atoms with van der Waals surface area (Å²) in [5.74, 6) is 0.313. The van der Waals surface area contributed by atoms with Crippen molar-refractivity contribution in [3.8, 4) is 5.75 Å². The lowest BCUT2D eigenvalue weighted by Gasteiger charge is -2.14. The summed E-state index contributed by atoms with van der Waals surface area (Å²) in [6.45, 7) is 2.11.